The van der Waals surface area contributed by atoms with E-state index in [9.17, 15) is 0 Å². The minimum absolute atomic E-state index is 0.0543. The van der Waals surface area contributed by atoms with Gasteiger partial charge in [-0.2, -0.15) is 0 Å². The molecule has 1 rings (SSSR count). The lowest BCUT2D eigenvalue weighted by molar-refractivity contribution is 0.218. The largest absolute Gasteiger partial charge is 0.422 e. The summed E-state index contributed by atoms with van der Waals surface area (Å²) in [5.74, 6) is -0.360. The zero-order valence-corrected chi connectivity index (χ0v) is 13.2. The predicted octanol–water partition coefficient (Wildman–Crippen LogP) is 5.43. The Hall–Kier alpha value is 0.650. The highest BCUT2D eigenvalue weighted by molar-refractivity contribution is 9.10. The second-order valence-electron chi connectivity index (χ2n) is 2.62. The van der Waals surface area contributed by atoms with Crippen LogP contribution in [0.3, 0.4) is 0 Å². The predicted molar refractivity (Wildman–Crippen MR) is 82.3 cm³/mol. The van der Waals surface area contributed by atoms with E-state index in [0.717, 1.165) is 6.07 Å². The SMILES string of the molecule is [2H]C([2H])([2H])C([2H])([2H])OP(=S)(Oc1cc(Cl)c(Br)cc1Cl)OC([2H])([2H])C([2H])([2H])[2H]. The van der Waals surface area contributed by atoms with Gasteiger partial charge in [0.25, 0.3) is 0 Å². The first-order valence-corrected chi connectivity index (χ1v) is 8.17. The normalized spacial score (nSPS) is 22.8. The number of halogens is 3. The van der Waals surface area contributed by atoms with Crippen molar-refractivity contribution in [3.8, 4) is 5.75 Å². The van der Waals surface area contributed by atoms with E-state index in [4.69, 9.17) is 62.3 Å². The topological polar surface area (TPSA) is 27.7 Å². The quantitative estimate of drug-likeness (QED) is 0.467. The third-order valence-electron chi connectivity index (χ3n) is 1.50. The van der Waals surface area contributed by atoms with Crippen LogP contribution in [0, 0.1) is 0 Å². The van der Waals surface area contributed by atoms with Crippen molar-refractivity contribution < 1.29 is 27.3 Å². The molecule has 102 valence electrons. The summed E-state index contributed by atoms with van der Waals surface area (Å²) < 4.78 is 88.3. The fourth-order valence-electron chi connectivity index (χ4n) is 0.862. The molecule has 18 heavy (non-hydrogen) atoms. The summed E-state index contributed by atoms with van der Waals surface area (Å²) in [6, 6.07) is 2.35. The molecule has 3 nitrogen and oxygen atoms in total. The lowest BCUT2D eigenvalue weighted by atomic mass is 10.3. The molecule has 8 heteroatoms. The molecule has 0 saturated heterocycles. The molecule has 0 aliphatic heterocycles. The van der Waals surface area contributed by atoms with Gasteiger partial charge in [-0.15, -0.1) is 0 Å². The van der Waals surface area contributed by atoms with Gasteiger partial charge in [-0.25, -0.2) is 0 Å². The second kappa shape index (κ2) is 7.44. The molecule has 0 aromatic heterocycles. The van der Waals surface area contributed by atoms with Gasteiger partial charge in [-0.1, -0.05) is 23.2 Å². The average molecular weight is 404 g/mol. The lowest BCUT2D eigenvalue weighted by Crippen LogP contribution is -2.02. The molecule has 0 heterocycles. The van der Waals surface area contributed by atoms with Crippen LogP contribution < -0.4 is 4.52 Å². The molecule has 0 fully saturated rings. The van der Waals surface area contributed by atoms with Crippen molar-refractivity contribution in [2.45, 2.75) is 13.7 Å². The van der Waals surface area contributed by atoms with E-state index < -0.39 is 33.5 Å². The second-order valence-corrected chi connectivity index (χ2v) is 7.07. The molecule has 0 radical (unpaired) electrons. The summed E-state index contributed by atoms with van der Waals surface area (Å²) in [7, 11) is 0. The van der Waals surface area contributed by atoms with Gasteiger partial charge in [0.05, 0.1) is 28.6 Å². The van der Waals surface area contributed by atoms with Crippen molar-refractivity contribution in [3.63, 3.8) is 0 Å². The third-order valence-corrected chi connectivity index (χ3v) is 4.71. The molecule has 0 saturated carbocycles. The summed E-state index contributed by atoms with van der Waals surface area (Å²) in [5.41, 5.74) is 0. The maximum Gasteiger partial charge on any atom is 0.380 e. The summed E-state index contributed by atoms with van der Waals surface area (Å²) in [5, 5.41) is -0.0970. The van der Waals surface area contributed by atoms with Crippen LogP contribution in [0.5, 0.6) is 5.75 Å². The fourth-order valence-corrected chi connectivity index (χ4v) is 2.94. The smallest absolute Gasteiger partial charge is 0.380 e. The van der Waals surface area contributed by atoms with Gasteiger partial charge >= 0.3 is 6.72 Å². The Bertz CT molecular complexity index is 756. The first kappa shape index (κ1) is 7.08. The summed E-state index contributed by atoms with van der Waals surface area (Å²) in [6.07, 6.45) is 0. The van der Waals surface area contributed by atoms with Crippen molar-refractivity contribution >= 4 is 57.7 Å². The Kier molecular flexibility index (Phi) is 2.92. The third kappa shape index (κ3) is 4.64. The fraction of sp³-hybridized carbons (Fsp3) is 0.400. The van der Waals surface area contributed by atoms with E-state index in [-0.39, 0.29) is 15.8 Å². The van der Waals surface area contributed by atoms with Crippen LogP contribution in [-0.2, 0) is 20.9 Å². The Labute approximate surface area is 144 Å². The van der Waals surface area contributed by atoms with E-state index in [0.29, 0.717) is 4.47 Å². The van der Waals surface area contributed by atoms with Crippen molar-refractivity contribution in [2.75, 3.05) is 13.1 Å². The molecule has 0 unspecified atom stereocenters. The molecule has 0 aliphatic carbocycles. The molecule has 0 bridgehead atoms. The molecule has 0 aliphatic rings. The highest BCUT2D eigenvalue weighted by Crippen LogP contribution is 2.51. The zero-order valence-electron chi connectivity index (χ0n) is 18.4. The van der Waals surface area contributed by atoms with Crippen LogP contribution in [0.25, 0.3) is 0 Å². The van der Waals surface area contributed by atoms with Gasteiger partial charge in [0, 0.05) is 30.6 Å². The standard InChI is InChI=1S/C10H12BrCl2O3PS/c1-3-14-17(18,15-4-2)16-10-6-8(12)7(11)5-9(10)13/h5-6H,3-4H2,1-2H3/i1D3,2D3,3D2,4D2. The van der Waals surface area contributed by atoms with Crippen LogP contribution in [0.1, 0.15) is 27.4 Å². The van der Waals surface area contributed by atoms with Gasteiger partial charge in [0.2, 0.25) is 0 Å². The molecule has 0 spiro atoms. The van der Waals surface area contributed by atoms with Gasteiger partial charge in [-0.05, 0) is 35.7 Å². The zero-order chi connectivity index (χ0) is 22.3. The Morgan fingerprint density at radius 2 is 1.94 bits per heavy atom. The van der Waals surface area contributed by atoms with E-state index in [1.165, 1.54) is 6.07 Å². The molecular formula is C10H12BrCl2O3PS. The number of hydrogen-bond donors (Lipinski definition) is 0. The monoisotopic (exact) mass is 402 g/mol. The number of hydrogen-bond acceptors (Lipinski definition) is 4. The Balaban J connectivity index is 3.44. The average Bonchev–Trinajstić information content (AvgIpc) is 2.40. The maximum absolute atomic E-state index is 7.55. The Morgan fingerprint density at radius 3 is 2.50 bits per heavy atom. The van der Waals surface area contributed by atoms with Crippen LogP contribution in [-0.4, -0.2) is 13.1 Å². The lowest BCUT2D eigenvalue weighted by Gasteiger charge is -2.21. The van der Waals surface area contributed by atoms with E-state index >= 15 is 0 Å². The van der Waals surface area contributed by atoms with Gasteiger partial charge < -0.3 is 4.52 Å². The van der Waals surface area contributed by atoms with Crippen LogP contribution in [0.2, 0.25) is 10.0 Å². The summed E-state index contributed by atoms with van der Waals surface area (Å²) in [6.45, 7) is -18.4. The van der Waals surface area contributed by atoms with Crippen molar-refractivity contribution in [1.29, 1.82) is 0 Å². The summed E-state index contributed by atoms with van der Waals surface area (Å²) >= 11 is 19.9. The molecule has 0 amide bonds. The first-order valence-electron chi connectivity index (χ1n) is 9.06. The van der Waals surface area contributed by atoms with Crippen molar-refractivity contribution in [2.24, 2.45) is 0 Å². The molecule has 0 atom stereocenters. The minimum Gasteiger partial charge on any atom is -0.422 e. The number of rotatable bonds is 6. The van der Waals surface area contributed by atoms with Crippen molar-refractivity contribution in [3.05, 3.63) is 26.7 Å². The molecule has 1 aromatic carbocycles. The van der Waals surface area contributed by atoms with E-state index in [1.54, 1.807) is 0 Å². The minimum atomic E-state index is -4.73. The first-order chi connectivity index (χ1) is 12.2. The Morgan fingerprint density at radius 1 is 1.33 bits per heavy atom. The van der Waals surface area contributed by atoms with Crippen LogP contribution in [0.4, 0.5) is 0 Å². The van der Waals surface area contributed by atoms with E-state index in [2.05, 4.69) is 15.9 Å². The van der Waals surface area contributed by atoms with Crippen LogP contribution >= 0.6 is 45.9 Å². The number of benzene rings is 1. The van der Waals surface area contributed by atoms with Crippen molar-refractivity contribution in [1.82, 2.24) is 0 Å². The van der Waals surface area contributed by atoms with Crippen LogP contribution in [0.15, 0.2) is 16.6 Å². The van der Waals surface area contributed by atoms with Gasteiger partial charge in [-0.3, -0.25) is 9.05 Å². The van der Waals surface area contributed by atoms with E-state index in [1.807, 2.05) is 0 Å². The molecule has 1 aromatic rings. The van der Waals surface area contributed by atoms with Gasteiger partial charge in [0.1, 0.15) is 5.75 Å². The molecular weight excluding hydrogens is 382 g/mol. The maximum atomic E-state index is 7.55. The molecule has 0 N–H and O–H groups in total. The summed E-state index contributed by atoms with van der Waals surface area (Å²) in [4.78, 5) is 0. The highest BCUT2D eigenvalue weighted by Gasteiger charge is 2.23. The van der Waals surface area contributed by atoms with Gasteiger partial charge in [0.15, 0.2) is 0 Å². The highest BCUT2D eigenvalue weighted by atomic mass is 79.9.